The zero-order valence-corrected chi connectivity index (χ0v) is 34.0. The average molecular weight is 771 g/mol. The van der Waals surface area contributed by atoms with Crippen molar-refractivity contribution in [2.45, 2.75) is 122 Å². The summed E-state index contributed by atoms with van der Waals surface area (Å²) < 4.78 is 28.0. The number of likely N-dealkylation sites (tertiary alicyclic amines) is 1. The molecule has 1 unspecified atom stereocenters. The van der Waals surface area contributed by atoms with Crippen LogP contribution < -0.4 is 21.3 Å². The molecule has 6 atom stereocenters. The molecule has 3 fully saturated rings. The van der Waals surface area contributed by atoms with E-state index in [0.29, 0.717) is 13.0 Å². The molecule has 0 aromatic heterocycles. The van der Waals surface area contributed by atoms with Gasteiger partial charge in [0.05, 0.1) is 10.9 Å². The second-order valence-corrected chi connectivity index (χ2v) is 19.0. The minimum atomic E-state index is -3.83. The quantitative estimate of drug-likeness (QED) is 0.137. The number of likely N-dealkylation sites (N-methyl/N-ethyl adjacent to an activating group) is 1. The molecule has 1 aromatic carbocycles. The molecule has 13 nitrogen and oxygen atoms in total. The van der Waals surface area contributed by atoms with Crippen molar-refractivity contribution in [3.63, 3.8) is 0 Å². The molecule has 1 saturated heterocycles. The van der Waals surface area contributed by atoms with Crippen LogP contribution in [-0.4, -0.2) is 98.0 Å². The number of carbonyl (C=O) groups excluding carboxylic acids is 5. The molecule has 0 radical (unpaired) electrons. The third-order valence-corrected chi connectivity index (χ3v) is 13.6. The number of hydrogen-bond donors (Lipinski definition) is 4. The molecule has 3 aliphatic rings. The summed E-state index contributed by atoms with van der Waals surface area (Å²) in [6.07, 6.45) is 7.42. The van der Waals surface area contributed by atoms with Gasteiger partial charge < -0.3 is 26.2 Å². The smallest absolute Gasteiger partial charge is 0.315 e. The molecule has 1 aromatic rings. The molecule has 54 heavy (non-hydrogen) atoms. The monoisotopic (exact) mass is 770 g/mol. The van der Waals surface area contributed by atoms with Crippen molar-refractivity contribution in [2.24, 2.45) is 28.6 Å². The second kappa shape index (κ2) is 17.8. The topological polar surface area (TPSA) is 174 Å². The lowest BCUT2D eigenvalue weighted by Crippen LogP contribution is -2.61. The zero-order valence-electron chi connectivity index (χ0n) is 33.2. The van der Waals surface area contributed by atoms with E-state index in [-0.39, 0.29) is 53.5 Å². The van der Waals surface area contributed by atoms with E-state index in [1.165, 1.54) is 29.6 Å². The Bertz CT molecular complexity index is 1640. The first-order valence-electron chi connectivity index (χ1n) is 19.5. The number of Topliss-reactive ketones (excluding diaryl/α,β-unsaturated/α-hetero) is 1. The number of hydrogen-bond acceptors (Lipinski definition) is 7. The van der Waals surface area contributed by atoms with E-state index in [0.717, 1.165) is 38.5 Å². The SMILES string of the molecule is C=CCNC(=O)C(=O)C(CCCC)NC(=O)[C@@H]1[C@@H]2[C@H](CN1C(=O)[C@@H](NC(=O)N[C@H](CN(C)S(=O)(=O)c1ccccc1)C(C)(C)C)C1CCCCC1)C2(C)C. The van der Waals surface area contributed by atoms with Crippen LogP contribution in [0.1, 0.15) is 92.9 Å². The van der Waals surface area contributed by atoms with Crippen LogP contribution in [0.4, 0.5) is 4.79 Å². The lowest BCUT2D eigenvalue weighted by atomic mass is 9.83. The summed E-state index contributed by atoms with van der Waals surface area (Å²) in [7, 11) is -2.35. The highest BCUT2D eigenvalue weighted by molar-refractivity contribution is 7.89. The maximum absolute atomic E-state index is 14.7. The van der Waals surface area contributed by atoms with Crippen molar-refractivity contribution in [1.29, 1.82) is 0 Å². The largest absolute Gasteiger partial charge is 0.346 e. The molecule has 300 valence electrons. The maximum Gasteiger partial charge on any atom is 0.315 e. The lowest BCUT2D eigenvalue weighted by Gasteiger charge is -2.38. The van der Waals surface area contributed by atoms with E-state index in [1.54, 1.807) is 23.1 Å². The summed E-state index contributed by atoms with van der Waals surface area (Å²) in [5.74, 6) is -2.61. The molecule has 14 heteroatoms. The van der Waals surface area contributed by atoms with Crippen LogP contribution in [0.25, 0.3) is 0 Å². The molecule has 2 aliphatic carbocycles. The van der Waals surface area contributed by atoms with Gasteiger partial charge in [0.2, 0.25) is 27.6 Å². The van der Waals surface area contributed by atoms with Gasteiger partial charge in [0.1, 0.15) is 12.1 Å². The maximum atomic E-state index is 14.7. The fourth-order valence-corrected chi connectivity index (χ4v) is 9.40. The highest BCUT2D eigenvalue weighted by Crippen LogP contribution is 2.65. The number of amides is 5. The molecule has 0 spiro atoms. The van der Waals surface area contributed by atoms with Gasteiger partial charge in [-0.3, -0.25) is 19.2 Å². The normalized spacial score (nSPS) is 22.7. The second-order valence-electron chi connectivity index (χ2n) is 17.0. The van der Waals surface area contributed by atoms with Gasteiger partial charge in [-0.1, -0.05) is 97.9 Å². The van der Waals surface area contributed by atoms with Crippen LogP contribution in [0, 0.1) is 28.6 Å². The third kappa shape index (κ3) is 9.90. The van der Waals surface area contributed by atoms with Gasteiger partial charge in [0, 0.05) is 32.7 Å². The summed E-state index contributed by atoms with van der Waals surface area (Å²) in [6, 6.07) is 4.05. The number of sulfonamides is 1. The minimum Gasteiger partial charge on any atom is -0.346 e. The van der Waals surface area contributed by atoms with Gasteiger partial charge in [-0.15, -0.1) is 6.58 Å². The van der Waals surface area contributed by atoms with Gasteiger partial charge in [0.15, 0.2) is 0 Å². The number of nitrogens with one attached hydrogen (secondary N) is 4. The van der Waals surface area contributed by atoms with Crippen LogP contribution in [-0.2, 0) is 29.2 Å². The van der Waals surface area contributed by atoms with Gasteiger partial charge >= 0.3 is 6.03 Å². The predicted octanol–water partition coefficient (Wildman–Crippen LogP) is 4.00. The first kappa shape index (κ1) is 43.0. The molecule has 0 bridgehead atoms. The van der Waals surface area contributed by atoms with Gasteiger partial charge in [-0.05, 0) is 60.0 Å². The Morgan fingerprint density at radius 3 is 2.26 bits per heavy atom. The van der Waals surface area contributed by atoms with E-state index in [9.17, 15) is 32.4 Å². The predicted molar refractivity (Wildman–Crippen MR) is 207 cm³/mol. The molecule has 2 saturated carbocycles. The lowest BCUT2D eigenvalue weighted by molar-refractivity contribution is -0.144. The molecule has 1 aliphatic heterocycles. The number of piperidine rings is 1. The van der Waals surface area contributed by atoms with Gasteiger partial charge in [-0.2, -0.15) is 4.31 Å². The summed E-state index contributed by atoms with van der Waals surface area (Å²) in [5.41, 5.74) is -0.762. The Morgan fingerprint density at radius 2 is 1.67 bits per heavy atom. The summed E-state index contributed by atoms with van der Waals surface area (Å²) >= 11 is 0. The summed E-state index contributed by atoms with van der Waals surface area (Å²) in [6.45, 7) is 15.8. The van der Waals surface area contributed by atoms with Crippen molar-refractivity contribution < 1.29 is 32.4 Å². The van der Waals surface area contributed by atoms with Crippen molar-refractivity contribution in [2.75, 3.05) is 26.7 Å². The van der Waals surface area contributed by atoms with Crippen LogP contribution in [0.15, 0.2) is 47.9 Å². The Morgan fingerprint density at radius 1 is 1.02 bits per heavy atom. The molecule has 4 N–H and O–H groups in total. The van der Waals surface area contributed by atoms with Crippen LogP contribution >= 0.6 is 0 Å². The highest BCUT2D eigenvalue weighted by Gasteiger charge is 2.69. The third-order valence-electron chi connectivity index (χ3n) is 11.8. The van der Waals surface area contributed by atoms with Crippen molar-refractivity contribution in [1.82, 2.24) is 30.5 Å². The molecule has 4 rings (SSSR count). The Hall–Kier alpha value is -3.78. The number of urea groups is 1. The average Bonchev–Trinajstić information content (AvgIpc) is 3.43. The Labute approximate surface area is 321 Å². The number of benzene rings is 1. The van der Waals surface area contributed by atoms with E-state index < -0.39 is 63.2 Å². The van der Waals surface area contributed by atoms with Crippen molar-refractivity contribution >= 4 is 39.6 Å². The van der Waals surface area contributed by atoms with E-state index in [4.69, 9.17) is 0 Å². The minimum absolute atomic E-state index is 0.00741. The Balaban J connectivity index is 1.56. The number of fused-ring (bicyclic) bond motifs is 1. The van der Waals surface area contributed by atoms with Crippen LogP contribution in [0.3, 0.4) is 0 Å². The number of carbonyl (C=O) groups is 5. The zero-order chi connectivity index (χ0) is 40.0. The first-order chi connectivity index (χ1) is 25.4. The van der Waals surface area contributed by atoms with Crippen LogP contribution in [0.2, 0.25) is 0 Å². The van der Waals surface area contributed by atoms with E-state index in [2.05, 4.69) is 41.7 Å². The molecule has 5 amide bonds. The van der Waals surface area contributed by atoms with Crippen molar-refractivity contribution in [3.8, 4) is 0 Å². The number of ketones is 1. The van der Waals surface area contributed by atoms with E-state index in [1.807, 2.05) is 27.7 Å². The summed E-state index contributed by atoms with van der Waals surface area (Å²) in [5, 5.41) is 11.3. The van der Waals surface area contributed by atoms with E-state index >= 15 is 0 Å². The fourth-order valence-electron chi connectivity index (χ4n) is 8.19. The van der Waals surface area contributed by atoms with Gasteiger partial charge in [0.25, 0.3) is 5.91 Å². The fraction of sp³-hybridized carbons (Fsp3) is 0.675. The van der Waals surface area contributed by atoms with Gasteiger partial charge in [-0.25, -0.2) is 13.2 Å². The Kier molecular flexibility index (Phi) is 14.1. The number of nitrogens with zero attached hydrogens (tertiary/aromatic N) is 2. The standard InChI is InChI=1S/C40H62N6O7S/c1-9-11-22-29(34(47)36(49)41-23-10-2)42-35(48)33-31-28(40(31,6)7)24-46(33)37(50)32(26-18-14-12-15-19-26)44-38(51)43-30(39(3,4)5)25-45(8)54(52,53)27-20-16-13-17-21-27/h10,13,16-17,20-21,26,28-33H,2,9,11-12,14-15,18-19,22-25H2,1,3-8H3,(H,41,49)(H,42,48)(H2,43,44,51)/t28-,29?,30+,31-,32-,33-/m0/s1. The molecular weight excluding hydrogens is 709 g/mol. The molecular formula is C40H62N6O7S. The number of rotatable bonds is 17. The number of unbranched alkanes of at least 4 members (excludes halogenated alkanes) is 1. The first-order valence-corrected chi connectivity index (χ1v) is 20.9. The summed E-state index contributed by atoms with van der Waals surface area (Å²) in [4.78, 5) is 70.4. The van der Waals surface area contributed by atoms with Crippen LogP contribution in [0.5, 0.6) is 0 Å². The highest BCUT2D eigenvalue weighted by atomic mass is 32.2. The molecule has 1 heterocycles. The van der Waals surface area contributed by atoms with Crippen molar-refractivity contribution in [3.05, 3.63) is 43.0 Å².